The van der Waals surface area contributed by atoms with Crippen molar-refractivity contribution in [3.05, 3.63) is 58.8 Å². The number of halogens is 2. The minimum Gasteiger partial charge on any atom is -0.393 e. The fourth-order valence-electron chi connectivity index (χ4n) is 3.01. The molecule has 3 aromatic rings. The number of nitrogens with zero attached hydrogens (tertiary/aromatic N) is 4. The third kappa shape index (κ3) is 4.38. The van der Waals surface area contributed by atoms with Crippen molar-refractivity contribution >= 4 is 17.3 Å². The van der Waals surface area contributed by atoms with Gasteiger partial charge in [-0.25, -0.2) is 4.85 Å². The van der Waals surface area contributed by atoms with E-state index in [1.807, 2.05) is 13.8 Å². The molecule has 0 fully saturated rings. The van der Waals surface area contributed by atoms with Crippen LogP contribution in [0.25, 0.3) is 16.1 Å². The molecule has 2 N–H and O–H groups in total. The second-order valence-corrected chi connectivity index (χ2v) is 7.39. The molecular formula is C21H21F2N5O2. The monoisotopic (exact) mass is 413 g/mol. The lowest BCUT2D eigenvalue weighted by Gasteiger charge is -2.07. The molecule has 2 aromatic heterocycles. The van der Waals surface area contributed by atoms with E-state index in [1.54, 1.807) is 28.9 Å². The Labute approximate surface area is 172 Å². The molecule has 0 amide bonds. The molecule has 0 unspecified atom stereocenters. The summed E-state index contributed by atoms with van der Waals surface area (Å²) in [6.45, 7) is 12.0. The number of carbonyl (C=O) groups is 1. The molecule has 0 radical (unpaired) electrons. The van der Waals surface area contributed by atoms with Gasteiger partial charge in [-0.1, -0.05) is 29.4 Å². The lowest BCUT2D eigenvalue weighted by Crippen LogP contribution is -2.07. The molecule has 0 saturated heterocycles. The van der Waals surface area contributed by atoms with Gasteiger partial charge in [-0.2, -0.15) is 13.9 Å². The molecule has 1 aromatic carbocycles. The van der Waals surface area contributed by atoms with E-state index in [1.165, 1.54) is 0 Å². The van der Waals surface area contributed by atoms with Crippen molar-refractivity contribution in [1.29, 1.82) is 0 Å². The minimum absolute atomic E-state index is 0.0143. The van der Waals surface area contributed by atoms with Gasteiger partial charge in [0.15, 0.2) is 5.69 Å². The predicted octanol–water partition coefficient (Wildman–Crippen LogP) is 4.72. The standard InChI is InChI=1S/C21H21F2N5O2/c1-12(2)28-20(24)19(25-4)18(26-28)14-7-5-13(6-8-14)9-15(29)10-16-11-17(27-30-16)21(3,22)23/h5-8,11-12H,9-10,24H2,1-3H3. The molecule has 0 spiro atoms. The summed E-state index contributed by atoms with van der Waals surface area (Å²) < 4.78 is 32.9. The number of nitrogen functional groups attached to an aromatic ring is 1. The first-order valence-corrected chi connectivity index (χ1v) is 9.30. The highest BCUT2D eigenvalue weighted by atomic mass is 19.3. The van der Waals surface area contributed by atoms with Gasteiger partial charge in [0.05, 0.1) is 13.0 Å². The van der Waals surface area contributed by atoms with Crippen LogP contribution in [0.3, 0.4) is 0 Å². The zero-order valence-corrected chi connectivity index (χ0v) is 16.8. The minimum atomic E-state index is -3.11. The van der Waals surface area contributed by atoms with Gasteiger partial charge in [-0.15, -0.1) is 0 Å². The molecule has 0 aliphatic heterocycles. The molecule has 0 saturated carbocycles. The summed E-state index contributed by atoms with van der Waals surface area (Å²) in [6.07, 6.45) is -0.0148. The Balaban J connectivity index is 1.72. The van der Waals surface area contributed by atoms with E-state index < -0.39 is 11.6 Å². The molecule has 0 aliphatic carbocycles. The quantitative estimate of drug-likeness (QED) is 0.566. The number of hydrogen-bond acceptors (Lipinski definition) is 5. The average molecular weight is 413 g/mol. The molecule has 30 heavy (non-hydrogen) atoms. The highest BCUT2D eigenvalue weighted by Gasteiger charge is 2.29. The highest BCUT2D eigenvalue weighted by molar-refractivity contribution is 5.84. The van der Waals surface area contributed by atoms with Crippen molar-refractivity contribution in [2.45, 2.75) is 45.6 Å². The number of alkyl halides is 2. The molecule has 2 heterocycles. The molecule has 0 atom stereocenters. The Kier molecular flexibility index (Phi) is 5.69. The van der Waals surface area contributed by atoms with E-state index in [4.69, 9.17) is 16.8 Å². The van der Waals surface area contributed by atoms with Crippen molar-refractivity contribution in [2.75, 3.05) is 5.73 Å². The van der Waals surface area contributed by atoms with Crippen molar-refractivity contribution in [3.8, 4) is 11.3 Å². The normalized spacial score (nSPS) is 11.6. The Hall–Kier alpha value is -3.54. The zero-order valence-electron chi connectivity index (χ0n) is 16.8. The first kappa shape index (κ1) is 21.2. The maximum atomic E-state index is 13.2. The number of anilines is 1. The summed E-state index contributed by atoms with van der Waals surface area (Å²) in [6, 6.07) is 8.18. The number of rotatable bonds is 7. The van der Waals surface area contributed by atoms with Gasteiger partial charge in [0.2, 0.25) is 0 Å². The van der Waals surface area contributed by atoms with Gasteiger partial charge < -0.3 is 10.3 Å². The number of aromatic nitrogens is 3. The molecular weight excluding hydrogens is 392 g/mol. The maximum absolute atomic E-state index is 13.2. The highest BCUT2D eigenvalue weighted by Crippen LogP contribution is 2.36. The van der Waals surface area contributed by atoms with Crippen molar-refractivity contribution in [3.63, 3.8) is 0 Å². The Morgan fingerprint density at radius 1 is 1.30 bits per heavy atom. The van der Waals surface area contributed by atoms with Gasteiger partial charge in [0.1, 0.15) is 23.1 Å². The third-order valence-electron chi connectivity index (χ3n) is 4.53. The summed E-state index contributed by atoms with van der Waals surface area (Å²) >= 11 is 0. The topological polar surface area (TPSA) is 91.3 Å². The van der Waals surface area contributed by atoms with E-state index in [-0.39, 0.29) is 30.4 Å². The second kappa shape index (κ2) is 8.06. The summed E-state index contributed by atoms with van der Waals surface area (Å²) in [7, 11) is 0. The summed E-state index contributed by atoms with van der Waals surface area (Å²) in [4.78, 5) is 15.8. The van der Waals surface area contributed by atoms with E-state index in [0.29, 0.717) is 22.8 Å². The molecule has 156 valence electrons. The van der Waals surface area contributed by atoms with Crippen LogP contribution in [0.1, 0.15) is 43.8 Å². The zero-order chi connectivity index (χ0) is 22.1. The lowest BCUT2D eigenvalue weighted by molar-refractivity contribution is -0.118. The number of nitrogens with two attached hydrogens (primary N) is 1. The van der Waals surface area contributed by atoms with Crippen LogP contribution in [0.15, 0.2) is 34.9 Å². The first-order chi connectivity index (χ1) is 14.1. The number of ketones is 1. The van der Waals surface area contributed by atoms with Crippen molar-refractivity contribution in [2.24, 2.45) is 0 Å². The van der Waals surface area contributed by atoms with Crippen LogP contribution in [0, 0.1) is 6.57 Å². The molecule has 9 heteroatoms. The van der Waals surface area contributed by atoms with Crippen LogP contribution < -0.4 is 5.73 Å². The van der Waals surface area contributed by atoms with E-state index in [9.17, 15) is 13.6 Å². The Morgan fingerprint density at radius 3 is 2.50 bits per heavy atom. The smallest absolute Gasteiger partial charge is 0.290 e. The van der Waals surface area contributed by atoms with Crippen LogP contribution >= 0.6 is 0 Å². The predicted molar refractivity (Wildman–Crippen MR) is 107 cm³/mol. The van der Waals surface area contributed by atoms with E-state index in [2.05, 4.69) is 15.1 Å². The molecule has 7 nitrogen and oxygen atoms in total. The van der Waals surface area contributed by atoms with Crippen LogP contribution in [-0.2, 0) is 23.6 Å². The van der Waals surface area contributed by atoms with Gasteiger partial charge in [0.25, 0.3) is 11.6 Å². The first-order valence-electron chi connectivity index (χ1n) is 9.30. The molecule has 0 aliphatic rings. The third-order valence-corrected chi connectivity index (χ3v) is 4.53. The van der Waals surface area contributed by atoms with Crippen molar-refractivity contribution in [1.82, 2.24) is 14.9 Å². The average Bonchev–Trinajstić information content (AvgIpc) is 3.26. The largest absolute Gasteiger partial charge is 0.393 e. The summed E-state index contributed by atoms with van der Waals surface area (Å²) in [5, 5.41) is 7.76. The lowest BCUT2D eigenvalue weighted by atomic mass is 10.0. The van der Waals surface area contributed by atoms with Gasteiger partial charge in [0, 0.05) is 25.5 Å². The van der Waals surface area contributed by atoms with Crippen LogP contribution in [0.5, 0.6) is 0 Å². The summed E-state index contributed by atoms with van der Waals surface area (Å²) in [5.41, 5.74) is 7.78. The fourth-order valence-corrected chi connectivity index (χ4v) is 3.01. The van der Waals surface area contributed by atoms with Gasteiger partial charge in [-0.05, 0) is 25.0 Å². The van der Waals surface area contributed by atoms with Crippen LogP contribution in [0.4, 0.5) is 20.3 Å². The summed E-state index contributed by atoms with van der Waals surface area (Å²) in [5.74, 6) is -2.89. The number of benzene rings is 1. The van der Waals surface area contributed by atoms with Gasteiger partial charge >= 0.3 is 0 Å². The van der Waals surface area contributed by atoms with E-state index in [0.717, 1.165) is 18.6 Å². The van der Waals surface area contributed by atoms with Gasteiger partial charge in [-0.3, -0.25) is 9.48 Å². The number of hydrogen-bond donors (Lipinski definition) is 1. The molecule has 0 bridgehead atoms. The van der Waals surface area contributed by atoms with E-state index >= 15 is 0 Å². The fraction of sp³-hybridized carbons (Fsp3) is 0.333. The number of Topliss-reactive ketones (excluding diaryl/α,β-unsaturated/α-hetero) is 1. The maximum Gasteiger partial charge on any atom is 0.290 e. The number of carbonyl (C=O) groups excluding carboxylic acids is 1. The van der Waals surface area contributed by atoms with Crippen molar-refractivity contribution < 1.29 is 18.1 Å². The Morgan fingerprint density at radius 2 is 1.97 bits per heavy atom. The SMILES string of the molecule is [C-]#[N+]c1c(-c2ccc(CC(=O)Cc3cc(C(C)(F)F)no3)cc2)nn(C(C)C)c1N. The second-order valence-electron chi connectivity index (χ2n) is 7.39. The van der Waals surface area contributed by atoms with Crippen LogP contribution in [0.2, 0.25) is 0 Å². The Bertz CT molecular complexity index is 1100. The molecule has 3 rings (SSSR count). The van der Waals surface area contributed by atoms with Crippen LogP contribution in [-0.4, -0.2) is 20.7 Å².